The Morgan fingerprint density at radius 2 is 2.31 bits per heavy atom. The van der Waals surface area contributed by atoms with Crippen molar-refractivity contribution in [2.24, 2.45) is 0 Å². The number of carbonyl (C=O) groups is 1. The Kier molecular flexibility index (Phi) is 2.64. The van der Waals surface area contributed by atoms with E-state index in [2.05, 4.69) is 4.98 Å². The van der Waals surface area contributed by atoms with Gasteiger partial charge in [-0.3, -0.25) is 4.79 Å². The minimum atomic E-state index is -0.804. The first-order valence-electron chi connectivity index (χ1n) is 5.29. The van der Waals surface area contributed by atoms with Gasteiger partial charge in [0.25, 0.3) is 0 Å². The summed E-state index contributed by atoms with van der Waals surface area (Å²) < 4.78 is 2.05. The van der Waals surface area contributed by atoms with E-state index in [0.717, 1.165) is 28.8 Å². The van der Waals surface area contributed by atoms with Crippen molar-refractivity contribution in [1.82, 2.24) is 9.55 Å². The highest BCUT2D eigenvalue weighted by Crippen LogP contribution is 2.24. The summed E-state index contributed by atoms with van der Waals surface area (Å²) in [6.45, 7) is 4.79. The average Bonchev–Trinajstić information content (AvgIpc) is 2.52. The van der Waals surface area contributed by atoms with Gasteiger partial charge >= 0.3 is 5.97 Å². The number of carboxylic acid groups (broad SMARTS) is 1. The summed E-state index contributed by atoms with van der Waals surface area (Å²) in [5, 5.41) is 9.85. The third-order valence-corrected chi connectivity index (χ3v) is 2.85. The lowest BCUT2D eigenvalue weighted by molar-refractivity contribution is -0.136. The van der Waals surface area contributed by atoms with Crippen molar-refractivity contribution in [2.45, 2.75) is 26.8 Å². The molecule has 0 fully saturated rings. The van der Waals surface area contributed by atoms with Crippen LogP contribution in [0.5, 0.6) is 0 Å². The number of pyridine rings is 1. The van der Waals surface area contributed by atoms with E-state index in [9.17, 15) is 4.79 Å². The fraction of sp³-hybridized carbons (Fsp3) is 0.333. The second kappa shape index (κ2) is 3.96. The van der Waals surface area contributed by atoms with E-state index in [1.165, 1.54) is 0 Å². The number of nitrogens with zero attached hydrogens (tertiary/aromatic N) is 2. The highest BCUT2D eigenvalue weighted by Gasteiger charge is 2.15. The Labute approximate surface area is 93.5 Å². The van der Waals surface area contributed by atoms with Crippen LogP contribution in [-0.2, 0) is 17.8 Å². The molecule has 0 saturated heterocycles. The molecule has 2 heterocycles. The van der Waals surface area contributed by atoms with Crippen molar-refractivity contribution in [3.63, 3.8) is 0 Å². The molecule has 4 nitrogen and oxygen atoms in total. The molecular formula is C12H14N2O2. The van der Waals surface area contributed by atoms with E-state index in [1.54, 1.807) is 6.20 Å². The zero-order chi connectivity index (χ0) is 11.7. The number of aliphatic carboxylic acids is 1. The van der Waals surface area contributed by atoms with Gasteiger partial charge in [-0.05, 0) is 31.5 Å². The van der Waals surface area contributed by atoms with E-state index >= 15 is 0 Å². The molecule has 0 aliphatic carbocycles. The summed E-state index contributed by atoms with van der Waals surface area (Å²) in [6.07, 6.45) is 1.79. The Hall–Kier alpha value is -1.84. The van der Waals surface area contributed by atoms with Crippen molar-refractivity contribution in [3.8, 4) is 0 Å². The van der Waals surface area contributed by atoms with Gasteiger partial charge in [0.05, 0.1) is 6.42 Å². The Bertz CT molecular complexity index is 543. The smallest absolute Gasteiger partial charge is 0.307 e. The molecule has 0 saturated carbocycles. The summed E-state index contributed by atoms with van der Waals surface area (Å²) in [6, 6.07) is 3.77. The normalized spacial score (nSPS) is 10.9. The number of fused-ring (bicyclic) bond motifs is 1. The zero-order valence-corrected chi connectivity index (χ0v) is 9.40. The Morgan fingerprint density at radius 3 is 2.94 bits per heavy atom. The van der Waals surface area contributed by atoms with E-state index in [0.29, 0.717) is 0 Å². The minimum absolute atomic E-state index is 0.0566. The maximum Gasteiger partial charge on any atom is 0.307 e. The molecule has 0 aromatic carbocycles. The molecule has 84 valence electrons. The van der Waals surface area contributed by atoms with Crippen LogP contribution in [0, 0.1) is 6.92 Å². The first-order valence-corrected chi connectivity index (χ1v) is 5.29. The molecule has 2 aromatic heterocycles. The van der Waals surface area contributed by atoms with Gasteiger partial charge in [-0.25, -0.2) is 4.98 Å². The maximum absolute atomic E-state index is 10.8. The molecule has 0 bridgehead atoms. The number of hydrogen-bond donors (Lipinski definition) is 1. The van der Waals surface area contributed by atoms with Gasteiger partial charge < -0.3 is 9.67 Å². The quantitative estimate of drug-likeness (QED) is 0.857. The van der Waals surface area contributed by atoms with E-state index in [1.807, 2.05) is 30.5 Å². The number of hydrogen-bond acceptors (Lipinski definition) is 2. The van der Waals surface area contributed by atoms with Crippen molar-refractivity contribution < 1.29 is 9.90 Å². The van der Waals surface area contributed by atoms with Crippen molar-refractivity contribution in [1.29, 1.82) is 0 Å². The number of carboxylic acids is 1. The monoisotopic (exact) mass is 218 g/mol. The number of aryl methyl sites for hydroxylation is 1. The maximum atomic E-state index is 10.8. The van der Waals surface area contributed by atoms with Crippen molar-refractivity contribution in [3.05, 3.63) is 29.6 Å². The Morgan fingerprint density at radius 1 is 1.56 bits per heavy atom. The van der Waals surface area contributed by atoms with E-state index < -0.39 is 5.97 Å². The summed E-state index contributed by atoms with van der Waals surface area (Å²) in [5.74, 6) is -0.804. The molecule has 0 aliphatic heterocycles. The van der Waals surface area contributed by atoms with Gasteiger partial charge in [-0.15, -0.1) is 0 Å². The van der Waals surface area contributed by atoms with Crippen molar-refractivity contribution >= 4 is 17.0 Å². The van der Waals surface area contributed by atoms with E-state index in [-0.39, 0.29) is 6.42 Å². The van der Waals surface area contributed by atoms with Crippen LogP contribution in [0.1, 0.15) is 18.2 Å². The van der Waals surface area contributed by atoms with Gasteiger partial charge in [0, 0.05) is 23.8 Å². The highest BCUT2D eigenvalue weighted by molar-refractivity contribution is 5.86. The van der Waals surface area contributed by atoms with Gasteiger partial charge in [0.1, 0.15) is 5.65 Å². The molecule has 0 aliphatic rings. The average molecular weight is 218 g/mol. The van der Waals surface area contributed by atoms with Gasteiger partial charge in [0.15, 0.2) is 0 Å². The van der Waals surface area contributed by atoms with Crippen LogP contribution in [0.2, 0.25) is 0 Å². The predicted molar refractivity (Wildman–Crippen MR) is 61.5 cm³/mol. The van der Waals surface area contributed by atoms with Gasteiger partial charge in [0.2, 0.25) is 0 Å². The summed E-state index contributed by atoms with van der Waals surface area (Å²) in [5.41, 5.74) is 2.75. The fourth-order valence-corrected chi connectivity index (χ4v) is 2.13. The lowest BCUT2D eigenvalue weighted by atomic mass is 10.1. The summed E-state index contributed by atoms with van der Waals surface area (Å²) in [4.78, 5) is 15.1. The lowest BCUT2D eigenvalue weighted by Crippen LogP contribution is -2.03. The van der Waals surface area contributed by atoms with Crippen LogP contribution < -0.4 is 0 Å². The molecule has 1 N–H and O–H groups in total. The van der Waals surface area contributed by atoms with Crippen LogP contribution in [0.4, 0.5) is 0 Å². The number of rotatable bonds is 3. The fourth-order valence-electron chi connectivity index (χ4n) is 2.13. The molecule has 2 aromatic rings. The molecule has 0 spiro atoms. The molecule has 2 rings (SSSR count). The van der Waals surface area contributed by atoms with Gasteiger partial charge in [-0.2, -0.15) is 0 Å². The van der Waals surface area contributed by atoms with Crippen LogP contribution in [0.3, 0.4) is 0 Å². The highest BCUT2D eigenvalue weighted by atomic mass is 16.4. The SMILES string of the molecule is CCn1c(C)c(CC(=O)O)c2cccnc21. The summed E-state index contributed by atoms with van der Waals surface area (Å²) in [7, 11) is 0. The van der Waals surface area contributed by atoms with Crippen LogP contribution in [-0.4, -0.2) is 20.6 Å². The molecule has 0 radical (unpaired) electrons. The van der Waals surface area contributed by atoms with Crippen LogP contribution in [0.25, 0.3) is 11.0 Å². The Balaban J connectivity index is 2.71. The standard InChI is InChI=1S/C12H14N2O2/c1-3-14-8(2)10(7-11(15)16)9-5-4-6-13-12(9)14/h4-6H,3,7H2,1-2H3,(H,15,16). The second-order valence-corrected chi connectivity index (χ2v) is 3.75. The molecule has 0 amide bonds. The first-order chi connectivity index (χ1) is 7.65. The molecular weight excluding hydrogens is 204 g/mol. The molecule has 4 heteroatoms. The van der Waals surface area contributed by atoms with Crippen molar-refractivity contribution in [2.75, 3.05) is 0 Å². The third kappa shape index (κ3) is 1.56. The van der Waals surface area contributed by atoms with Crippen LogP contribution >= 0.6 is 0 Å². The largest absolute Gasteiger partial charge is 0.481 e. The second-order valence-electron chi connectivity index (χ2n) is 3.75. The molecule has 0 unspecified atom stereocenters. The van der Waals surface area contributed by atoms with Gasteiger partial charge in [-0.1, -0.05) is 0 Å². The zero-order valence-electron chi connectivity index (χ0n) is 9.40. The lowest BCUT2D eigenvalue weighted by Gasteiger charge is -2.02. The minimum Gasteiger partial charge on any atom is -0.481 e. The molecule has 16 heavy (non-hydrogen) atoms. The third-order valence-electron chi connectivity index (χ3n) is 2.85. The predicted octanol–water partition coefficient (Wildman–Crippen LogP) is 1.99. The topological polar surface area (TPSA) is 55.1 Å². The molecule has 0 atom stereocenters. The van der Waals surface area contributed by atoms with Crippen LogP contribution in [0.15, 0.2) is 18.3 Å². The number of aromatic nitrogens is 2. The first kappa shape index (κ1) is 10.7. The summed E-state index contributed by atoms with van der Waals surface area (Å²) >= 11 is 0. The van der Waals surface area contributed by atoms with E-state index in [4.69, 9.17) is 5.11 Å².